The molecule has 1 atom stereocenters. The van der Waals surface area contributed by atoms with E-state index in [0.717, 1.165) is 12.3 Å². The van der Waals surface area contributed by atoms with Gasteiger partial charge in [0.2, 0.25) is 0 Å². The maximum absolute atomic E-state index is 5.54. The highest BCUT2D eigenvalue weighted by Crippen LogP contribution is 2.35. The molecule has 1 unspecified atom stereocenters. The Morgan fingerprint density at radius 1 is 1.22 bits per heavy atom. The van der Waals surface area contributed by atoms with Crippen molar-refractivity contribution in [1.29, 1.82) is 0 Å². The van der Waals surface area contributed by atoms with Gasteiger partial charge in [-0.2, -0.15) is 0 Å². The van der Waals surface area contributed by atoms with Crippen molar-refractivity contribution in [2.24, 2.45) is 5.92 Å². The van der Waals surface area contributed by atoms with Crippen LogP contribution >= 0.6 is 0 Å². The number of rotatable bonds is 7. The quantitative estimate of drug-likeness (QED) is 0.795. The number of methoxy groups -OCH3 is 1. The van der Waals surface area contributed by atoms with Crippen molar-refractivity contribution in [1.82, 2.24) is 5.32 Å². The fraction of sp³-hybridized carbons (Fsp3) is 0.625. The summed E-state index contributed by atoms with van der Waals surface area (Å²) in [4.78, 5) is 0. The van der Waals surface area contributed by atoms with Crippen molar-refractivity contribution >= 4 is 0 Å². The zero-order valence-corrected chi connectivity index (χ0v) is 12.4. The van der Waals surface area contributed by atoms with E-state index in [4.69, 9.17) is 4.74 Å². The van der Waals surface area contributed by atoms with E-state index in [2.05, 4.69) is 44.3 Å². The molecule has 0 heterocycles. The van der Waals surface area contributed by atoms with Crippen molar-refractivity contribution in [2.75, 3.05) is 20.7 Å². The van der Waals surface area contributed by atoms with Crippen LogP contribution in [-0.4, -0.2) is 20.7 Å². The summed E-state index contributed by atoms with van der Waals surface area (Å²) in [7, 11) is 3.79. The Labute approximate surface area is 112 Å². The topological polar surface area (TPSA) is 21.3 Å². The van der Waals surface area contributed by atoms with Crippen LogP contribution in [-0.2, 0) is 0 Å². The van der Waals surface area contributed by atoms with Crippen LogP contribution in [0.25, 0.3) is 0 Å². The summed E-state index contributed by atoms with van der Waals surface area (Å²) in [6.45, 7) is 7.70. The van der Waals surface area contributed by atoms with Gasteiger partial charge < -0.3 is 10.1 Å². The van der Waals surface area contributed by atoms with E-state index in [1.165, 1.54) is 24.0 Å². The number of hydrogen-bond donors (Lipinski definition) is 1. The minimum absolute atomic E-state index is 0.528. The molecule has 0 amide bonds. The first-order chi connectivity index (χ1) is 8.67. The summed E-state index contributed by atoms with van der Waals surface area (Å²) in [6.07, 6.45) is 2.42. The summed E-state index contributed by atoms with van der Waals surface area (Å²) in [5, 5.41) is 3.33. The Kier molecular flexibility index (Phi) is 6.20. The zero-order valence-electron chi connectivity index (χ0n) is 12.4. The molecule has 0 aliphatic rings. The molecule has 0 bridgehead atoms. The third kappa shape index (κ3) is 3.49. The Morgan fingerprint density at radius 2 is 1.89 bits per heavy atom. The number of aryl methyl sites for hydroxylation is 1. The van der Waals surface area contributed by atoms with E-state index >= 15 is 0 Å². The second-order valence-corrected chi connectivity index (χ2v) is 4.99. The predicted molar refractivity (Wildman–Crippen MR) is 78.5 cm³/mol. The first-order valence-corrected chi connectivity index (χ1v) is 6.96. The van der Waals surface area contributed by atoms with Gasteiger partial charge in [-0.05, 0) is 31.5 Å². The van der Waals surface area contributed by atoms with E-state index in [1.54, 1.807) is 7.11 Å². The summed E-state index contributed by atoms with van der Waals surface area (Å²) < 4.78 is 5.54. The Bertz CT molecular complexity index is 358. The monoisotopic (exact) mass is 249 g/mol. The minimum Gasteiger partial charge on any atom is -0.496 e. The average Bonchev–Trinajstić information content (AvgIpc) is 2.39. The lowest BCUT2D eigenvalue weighted by Gasteiger charge is -2.27. The molecular weight excluding hydrogens is 222 g/mol. The molecule has 1 N–H and O–H groups in total. The minimum atomic E-state index is 0.528. The lowest BCUT2D eigenvalue weighted by atomic mass is 9.81. The highest BCUT2D eigenvalue weighted by Gasteiger charge is 2.22. The maximum Gasteiger partial charge on any atom is 0.122 e. The van der Waals surface area contributed by atoms with Gasteiger partial charge in [-0.1, -0.05) is 44.4 Å². The lowest BCUT2D eigenvalue weighted by molar-refractivity contribution is 0.360. The molecule has 2 heteroatoms. The highest BCUT2D eigenvalue weighted by molar-refractivity contribution is 5.40. The van der Waals surface area contributed by atoms with Crippen LogP contribution in [0.4, 0.5) is 0 Å². The molecule has 0 fully saturated rings. The molecule has 18 heavy (non-hydrogen) atoms. The number of likely N-dealkylation sites (N-methyl/N-ethyl adjacent to an activating group) is 1. The molecule has 0 aliphatic carbocycles. The van der Waals surface area contributed by atoms with Crippen LogP contribution < -0.4 is 10.1 Å². The largest absolute Gasteiger partial charge is 0.496 e. The van der Waals surface area contributed by atoms with Gasteiger partial charge >= 0.3 is 0 Å². The summed E-state index contributed by atoms with van der Waals surface area (Å²) in [5.41, 5.74) is 2.65. The van der Waals surface area contributed by atoms with Crippen LogP contribution in [0.1, 0.15) is 43.7 Å². The summed E-state index contributed by atoms with van der Waals surface area (Å²) >= 11 is 0. The standard InChI is InChI=1S/C16H27NO/c1-6-13(7-2)15(11-17-4)14-10-12(3)8-9-16(14)18-5/h8-10,13,15,17H,6-7,11H2,1-5H3. The van der Waals surface area contributed by atoms with Gasteiger partial charge in [0.25, 0.3) is 0 Å². The molecule has 0 spiro atoms. The smallest absolute Gasteiger partial charge is 0.122 e. The molecule has 1 aromatic carbocycles. The second kappa shape index (κ2) is 7.42. The van der Waals surface area contributed by atoms with E-state index in [0.29, 0.717) is 11.8 Å². The first kappa shape index (κ1) is 15.0. The van der Waals surface area contributed by atoms with Crippen molar-refractivity contribution in [3.05, 3.63) is 29.3 Å². The third-order valence-electron chi connectivity index (χ3n) is 3.83. The van der Waals surface area contributed by atoms with E-state index in [-0.39, 0.29) is 0 Å². The molecule has 0 radical (unpaired) electrons. The molecule has 102 valence electrons. The van der Waals surface area contributed by atoms with Crippen molar-refractivity contribution < 1.29 is 4.74 Å². The number of ether oxygens (including phenoxy) is 1. The maximum atomic E-state index is 5.54. The first-order valence-electron chi connectivity index (χ1n) is 6.96. The van der Waals surface area contributed by atoms with Gasteiger partial charge in [0.15, 0.2) is 0 Å². The SMILES string of the molecule is CCC(CC)C(CNC)c1cc(C)ccc1OC. The van der Waals surface area contributed by atoms with Crippen molar-refractivity contribution in [2.45, 2.75) is 39.5 Å². The van der Waals surface area contributed by atoms with Crippen LogP contribution in [0, 0.1) is 12.8 Å². The zero-order chi connectivity index (χ0) is 13.5. The molecule has 0 saturated heterocycles. The molecule has 0 aliphatic heterocycles. The molecule has 0 saturated carbocycles. The molecule has 1 rings (SSSR count). The molecular formula is C16H27NO. The molecule has 0 aromatic heterocycles. The van der Waals surface area contributed by atoms with E-state index in [9.17, 15) is 0 Å². The number of benzene rings is 1. The Balaban J connectivity index is 3.14. The van der Waals surface area contributed by atoms with Crippen LogP contribution in [0.3, 0.4) is 0 Å². The van der Waals surface area contributed by atoms with Crippen molar-refractivity contribution in [3.8, 4) is 5.75 Å². The van der Waals surface area contributed by atoms with E-state index < -0.39 is 0 Å². The van der Waals surface area contributed by atoms with Gasteiger partial charge in [0.05, 0.1) is 7.11 Å². The van der Waals surface area contributed by atoms with Gasteiger partial charge in [-0.3, -0.25) is 0 Å². The second-order valence-electron chi connectivity index (χ2n) is 4.99. The Morgan fingerprint density at radius 3 is 2.39 bits per heavy atom. The van der Waals surface area contributed by atoms with Crippen LogP contribution in [0.2, 0.25) is 0 Å². The fourth-order valence-electron chi connectivity index (χ4n) is 2.75. The number of nitrogens with one attached hydrogen (secondary N) is 1. The lowest BCUT2D eigenvalue weighted by Crippen LogP contribution is -2.24. The fourth-order valence-corrected chi connectivity index (χ4v) is 2.75. The average molecular weight is 249 g/mol. The van der Waals surface area contributed by atoms with Gasteiger partial charge in [-0.15, -0.1) is 0 Å². The summed E-state index contributed by atoms with van der Waals surface area (Å²) in [5.74, 6) is 2.25. The van der Waals surface area contributed by atoms with Crippen LogP contribution in [0.5, 0.6) is 5.75 Å². The number of hydrogen-bond acceptors (Lipinski definition) is 2. The normalized spacial score (nSPS) is 12.8. The van der Waals surface area contributed by atoms with Crippen LogP contribution in [0.15, 0.2) is 18.2 Å². The van der Waals surface area contributed by atoms with Gasteiger partial charge in [0, 0.05) is 12.5 Å². The van der Waals surface area contributed by atoms with Crippen molar-refractivity contribution in [3.63, 3.8) is 0 Å². The summed E-state index contributed by atoms with van der Waals surface area (Å²) in [6, 6.07) is 6.49. The highest BCUT2D eigenvalue weighted by atomic mass is 16.5. The van der Waals surface area contributed by atoms with Gasteiger partial charge in [-0.25, -0.2) is 0 Å². The predicted octanol–water partition coefficient (Wildman–Crippen LogP) is 3.74. The van der Waals surface area contributed by atoms with E-state index in [1.807, 2.05) is 7.05 Å². The molecule has 1 aromatic rings. The third-order valence-corrected chi connectivity index (χ3v) is 3.83. The molecule has 2 nitrogen and oxygen atoms in total. The Hall–Kier alpha value is -1.02. The van der Waals surface area contributed by atoms with Gasteiger partial charge in [0.1, 0.15) is 5.75 Å².